The van der Waals surface area contributed by atoms with Gasteiger partial charge in [-0.2, -0.15) is 0 Å². The number of hydrazine groups is 1. The predicted octanol–water partition coefficient (Wildman–Crippen LogP) is 0.471. The minimum absolute atomic E-state index is 0.215. The number of aromatic amines is 1. The molecule has 0 bridgehead atoms. The van der Waals surface area contributed by atoms with Gasteiger partial charge in [-0.1, -0.05) is 0 Å². The zero-order valence-corrected chi connectivity index (χ0v) is 7.61. The smallest absolute Gasteiger partial charge is 0.271 e. The summed E-state index contributed by atoms with van der Waals surface area (Å²) in [6.45, 7) is 0. The standard InChI is InChI=1S/C9H7N5O/c15-9-5-1-2-6-8(11-3-10-6)7(5)12-4-13-14-9/h1-4H,(H,10,11)(H,12,13)(H,14,15). The topological polar surface area (TPSA) is 82.2 Å². The van der Waals surface area contributed by atoms with Crippen molar-refractivity contribution in [2.24, 2.45) is 4.99 Å². The third-order valence-corrected chi connectivity index (χ3v) is 2.25. The van der Waals surface area contributed by atoms with Crippen molar-refractivity contribution in [1.29, 1.82) is 0 Å². The van der Waals surface area contributed by atoms with Gasteiger partial charge in [0.25, 0.3) is 5.91 Å². The maximum absolute atomic E-state index is 11.6. The Bertz CT molecular complexity index is 571. The van der Waals surface area contributed by atoms with Gasteiger partial charge in [0.2, 0.25) is 0 Å². The van der Waals surface area contributed by atoms with Gasteiger partial charge in [0, 0.05) is 0 Å². The Balaban J connectivity index is 2.39. The van der Waals surface area contributed by atoms with E-state index in [0.29, 0.717) is 16.8 Å². The molecule has 1 aromatic heterocycles. The van der Waals surface area contributed by atoms with Crippen molar-refractivity contribution in [3.05, 3.63) is 24.0 Å². The van der Waals surface area contributed by atoms with E-state index in [1.165, 1.54) is 6.34 Å². The summed E-state index contributed by atoms with van der Waals surface area (Å²) in [4.78, 5) is 22.8. The molecule has 0 unspecified atom stereocenters. The fraction of sp³-hybridized carbons (Fsp3) is 0. The van der Waals surface area contributed by atoms with Crippen molar-refractivity contribution in [2.45, 2.75) is 0 Å². The summed E-state index contributed by atoms with van der Waals surface area (Å²) in [7, 11) is 0. The number of nitrogens with one attached hydrogen (secondary N) is 3. The molecule has 3 N–H and O–H groups in total. The number of H-pyrrole nitrogens is 1. The molecule has 1 amide bonds. The van der Waals surface area contributed by atoms with E-state index >= 15 is 0 Å². The highest BCUT2D eigenvalue weighted by molar-refractivity contribution is 6.07. The van der Waals surface area contributed by atoms with E-state index in [2.05, 4.69) is 25.8 Å². The molecule has 74 valence electrons. The van der Waals surface area contributed by atoms with Gasteiger partial charge in [0.05, 0.1) is 17.4 Å². The Labute approximate surface area is 84.4 Å². The summed E-state index contributed by atoms with van der Waals surface area (Å²) in [5.74, 6) is -0.215. The summed E-state index contributed by atoms with van der Waals surface area (Å²) in [6.07, 6.45) is 3.01. The van der Waals surface area contributed by atoms with Crippen LogP contribution >= 0.6 is 0 Å². The van der Waals surface area contributed by atoms with Gasteiger partial charge < -0.3 is 4.98 Å². The molecule has 0 radical (unpaired) electrons. The second-order valence-electron chi connectivity index (χ2n) is 3.12. The molecule has 0 spiro atoms. The molecule has 15 heavy (non-hydrogen) atoms. The number of imidazole rings is 1. The van der Waals surface area contributed by atoms with E-state index in [-0.39, 0.29) is 5.91 Å². The van der Waals surface area contributed by atoms with Crippen molar-refractivity contribution < 1.29 is 4.79 Å². The molecule has 0 saturated carbocycles. The number of benzene rings is 1. The SMILES string of the molecule is O=C1NNC=Nc2c1ccc1[nH]cnc21. The summed E-state index contributed by atoms with van der Waals surface area (Å²) < 4.78 is 0. The van der Waals surface area contributed by atoms with E-state index in [0.717, 1.165) is 5.52 Å². The fourth-order valence-electron chi connectivity index (χ4n) is 1.57. The van der Waals surface area contributed by atoms with Crippen molar-refractivity contribution in [1.82, 2.24) is 20.8 Å². The summed E-state index contributed by atoms with van der Waals surface area (Å²) in [5, 5.41) is 0. The number of amides is 1. The zero-order chi connectivity index (χ0) is 10.3. The van der Waals surface area contributed by atoms with Gasteiger partial charge in [-0.15, -0.1) is 0 Å². The third kappa shape index (κ3) is 1.08. The maximum atomic E-state index is 11.6. The van der Waals surface area contributed by atoms with E-state index < -0.39 is 0 Å². The Morgan fingerprint density at radius 1 is 1.27 bits per heavy atom. The first-order chi connectivity index (χ1) is 7.36. The van der Waals surface area contributed by atoms with Gasteiger partial charge in [-0.25, -0.2) is 9.98 Å². The fourth-order valence-corrected chi connectivity index (χ4v) is 1.57. The number of nitrogens with zero attached hydrogens (tertiary/aromatic N) is 2. The van der Waals surface area contributed by atoms with Crippen LogP contribution < -0.4 is 10.9 Å². The van der Waals surface area contributed by atoms with Crippen LogP contribution in [0.3, 0.4) is 0 Å². The van der Waals surface area contributed by atoms with Gasteiger partial charge in [-0.3, -0.25) is 15.6 Å². The molecule has 0 aliphatic carbocycles. The van der Waals surface area contributed by atoms with Gasteiger partial charge in [-0.05, 0) is 12.1 Å². The molecular formula is C9H7N5O. The number of fused-ring (bicyclic) bond motifs is 3. The Morgan fingerprint density at radius 3 is 3.13 bits per heavy atom. The maximum Gasteiger partial charge on any atom is 0.271 e. The molecule has 6 nitrogen and oxygen atoms in total. The number of rotatable bonds is 0. The summed E-state index contributed by atoms with van der Waals surface area (Å²) in [5.41, 5.74) is 7.70. The van der Waals surface area contributed by atoms with Crippen LogP contribution in [-0.4, -0.2) is 22.2 Å². The monoisotopic (exact) mass is 201 g/mol. The quantitative estimate of drug-likeness (QED) is 0.579. The van der Waals surface area contributed by atoms with Crippen LogP contribution in [0.15, 0.2) is 23.5 Å². The summed E-state index contributed by atoms with van der Waals surface area (Å²) in [6, 6.07) is 3.52. The lowest BCUT2D eigenvalue weighted by molar-refractivity contribution is 0.0946. The van der Waals surface area contributed by atoms with Crippen molar-refractivity contribution in [3.8, 4) is 0 Å². The Hall–Kier alpha value is -2.37. The van der Waals surface area contributed by atoms with E-state index in [1.54, 1.807) is 12.4 Å². The van der Waals surface area contributed by atoms with Crippen molar-refractivity contribution in [3.63, 3.8) is 0 Å². The minimum Gasteiger partial charge on any atom is -0.345 e. The summed E-state index contributed by atoms with van der Waals surface area (Å²) >= 11 is 0. The van der Waals surface area contributed by atoms with Crippen LogP contribution in [0.25, 0.3) is 11.0 Å². The van der Waals surface area contributed by atoms with E-state index in [4.69, 9.17) is 0 Å². The van der Waals surface area contributed by atoms with E-state index in [1.807, 2.05) is 6.07 Å². The van der Waals surface area contributed by atoms with E-state index in [9.17, 15) is 4.79 Å². The minimum atomic E-state index is -0.215. The largest absolute Gasteiger partial charge is 0.345 e. The molecule has 1 aromatic carbocycles. The highest BCUT2D eigenvalue weighted by Gasteiger charge is 2.16. The van der Waals surface area contributed by atoms with Gasteiger partial charge >= 0.3 is 0 Å². The molecule has 0 saturated heterocycles. The van der Waals surface area contributed by atoms with Gasteiger partial charge in [0.15, 0.2) is 0 Å². The van der Waals surface area contributed by atoms with Gasteiger partial charge in [0.1, 0.15) is 17.5 Å². The number of hydrogen-bond acceptors (Lipinski definition) is 4. The first kappa shape index (κ1) is 7.98. The number of carbonyl (C=O) groups is 1. The molecule has 1 aliphatic heterocycles. The Morgan fingerprint density at radius 2 is 2.20 bits per heavy atom. The molecular weight excluding hydrogens is 194 g/mol. The first-order valence-corrected chi connectivity index (χ1v) is 4.41. The first-order valence-electron chi connectivity index (χ1n) is 4.41. The lowest BCUT2D eigenvalue weighted by Crippen LogP contribution is -2.34. The number of carbonyl (C=O) groups excluding carboxylic acids is 1. The van der Waals surface area contributed by atoms with Crippen LogP contribution in [0, 0.1) is 0 Å². The predicted molar refractivity (Wildman–Crippen MR) is 54.8 cm³/mol. The lowest BCUT2D eigenvalue weighted by atomic mass is 10.1. The number of aliphatic imine (C=N–C) groups is 1. The Kier molecular flexibility index (Phi) is 1.49. The average Bonchev–Trinajstić information content (AvgIpc) is 2.64. The third-order valence-electron chi connectivity index (χ3n) is 2.25. The molecule has 2 aromatic rings. The second-order valence-corrected chi connectivity index (χ2v) is 3.12. The average molecular weight is 201 g/mol. The molecule has 1 aliphatic rings. The highest BCUT2D eigenvalue weighted by atomic mass is 16.2. The van der Waals surface area contributed by atoms with Crippen molar-refractivity contribution in [2.75, 3.05) is 0 Å². The van der Waals surface area contributed by atoms with Crippen LogP contribution in [0.2, 0.25) is 0 Å². The van der Waals surface area contributed by atoms with Crippen molar-refractivity contribution >= 4 is 29.0 Å². The van der Waals surface area contributed by atoms with Crippen LogP contribution in [0.4, 0.5) is 5.69 Å². The molecule has 6 heteroatoms. The highest BCUT2D eigenvalue weighted by Crippen LogP contribution is 2.27. The number of aromatic nitrogens is 2. The molecule has 3 rings (SSSR count). The van der Waals surface area contributed by atoms with Crippen LogP contribution in [-0.2, 0) is 0 Å². The van der Waals surface area contributed by atoms with Crippen LogP contribution in [0.5, 0.6) is 0 Å². The second kappa shape index (κ2) is 2.81. The lowest BCUT2D eigenvalue weighted by Gasteiger charge is -2.02. The normalized spacial score (nSPS) is 14.3. The molecule has 0 fully saturated rings. The zero-order valence-electron chi connectivity index (χ0n) is 7.61. The molecule has 2 heterocycles. The molecule has 0 atom stereocenters. The number of hydrogen-bond donors (Lipinski definition) is 3. The van der Waals surface area contributed by atoms with Crippen LogP contribution in [0.1, 0.15) is 10.4 Å².